The standard InChI is InChI=1S/C44H28N6.C41H27N3/c1-4-15-29(16-5-1)42-46-43(30-17-6-2-7-18-30)48-44(47-42)50-37-25-13-11-22-34(37)40-32(23-14-26-38(40)50)35-27-45-28-39-41(35)33-21-10-12-24-36(33)49(39)31-19-8-3-9-20-31;1-3-12-28(13-4-1)29-22-24-31(25-23-29)43-36-19-9-7-16-33(36)40-32(18-11-21-38(40)43)35-26-42-27-39-41(35)34-17-8-10-20-37(34)44(39)30-14-5-2-6-15-30/h1-28H;1-27H. The summed E-state index contributed by atoms with van der Waals surface area (Å²) < 4.78 is 9.21. The number of benzene rings is 12. The minimum Gasteiger partial charge on any atom is -0.309 e. The van der Waals surface area contributed by atoms with E-state index in [1.54, 1.807) is 0 Å². The third-order valence-electron chi connectivity index (χ3n) is 18.3. The lowest BCUT2D eigenvalue weighted by Gasteiger charge is -2.11. The van der Waals surface area contributed by atoms with Crippen molar-refractivity contribution in [2.45, 2.75) is 0 Å². The maximum absolute atomic E-state index is 5.13. The average Bonchev–Trinajstić information content (AvgIpc) is 1.57. The van der Waals surface area contributed by atoms with Crippen molar-refractivity contribution in [3.63, 3.8) is 0 Å². The van der Waals surface area contributed by atoms with Crippen LogP contribution < -0.4 is 0 Å². The third kappa shape index (κ3) is 8.89. The van der Waals surface area contributed by atoms with E-state index in [0.29, 0.717) is 17.6 Å². The molecule has 0 fully saturated rings. The molecule has 0 bridgehead atoms. The Morgan fingerprint density at radius 3 is 0.926 bits per heavy atom. The Morgan fingerprint density at radius 1 is 0.191 bits per heavy atom. The van der Waals surface area contributed by atoms with E-state index in [9.17, 15) is 0 Å². The van der Waals surface area contributed by atoms with Gasteiger partial charge in [0.25, 0.3) is 0 Å². The predicted octanol–water partition coefficient (Wildman–Crippen LogP) is 21.1. The molecule has 19 rings (SSSR count). The molecule has 0 aliphatic carbocycles. The van der Waals surface area contributed by atoms with Gasteiger partial charge < -0.3 is 13.7 Å². The highest BCUT2D eigenvalue weighted by molar-refractivity contribution is 6.24. The minimum absolute atomic E-state index is 0.568. The van der Waals surface area contributed by atoms with Gasteiger partial charge in [0.05, 0.1) is 56.5 Å². The van der Waals surface area contributed by atoms with Gasteiger partial charge in [-0.1, -0.05) is 237 Å². The molecular formula is C85H55N9. The molecule has 0 radical (unpaired) electrons. The Hall–Kier alpha value is -12.9. The Kier molecular flexibility index (Phi) is 13.0. The number of pyridine rings is 2. The summed E-state index contributed by atoms with van der Waals surface area (Å²) in [6.45, 7) is 0. The fraction of sp³-hybridized carbons (Fsp3) is 0. The van der Waals surface area contributed by atoms with Gasteiger partial charge in [-0.3, -0.25) is 14.5 Å². The van der Waals surface area contributed by atoms with E-state index in [0.717, 1.165) is 83.2 Å². The molecule has 0 unspecified atom stereocenters. The average molecular weight is 1200 g/mol. The summed E-state index contributed by atoms with van der Waals surface area (Å²) in [5.74, 6) is 1.82. The van der Waals surface area contributed by atoms with Gasteiger partial charge in [-0.05, 0) is 95.1 Å². The van der Waals surface area contributed by atoms with E-state index in [1.165, 1.54) is 65.6 Å². The maximum Gasteiger partial charge on any atom is 0.238 e. The molecule has 7 aromatic heterocycles. The van der Waals surface area contributed by atoms with Gasteiger partial charge in [-0.15, -0.1) is 0 Å². The number of para-hydroxylation sites is 6. The topological polar surface area (TPSA) is 84.2 Å². The first-order chi connectivity index (χ1) is 46.7. The van der Waals surface area contributed by atoms with Crippen LogP contribution in [0.5, 0.6) is 0 Å². The lowest BCUT2D eigenvalue weighted by Crippen LogP contribution is -2.06. The smallest absolute Gasteiger partial charge is 0.238 e. The molecule has 0 N–H and O–H groups in total. The van der Waals surface area contributed by atoms with Gasteiger partial charge in [0.1, 0.15) is 0 Å². The van der Waals surface area contributed by atoms with Crippen molar-refractivity contribution < 1.29 is 0 Å². The van der Waals surface area contributed by atoms with Gasteiger partial charge in [-0.2, -0.15) is 9.97 Å². The van der Waals surface area contributed by atoms with Crippen molar-refractivity contribution in [1.82, 2.24) is 43.2 Å². The van der Waals surface area contributed by atoms with Crippen LogP contribution in [0.25, 0.3) is 166 Å². The van der Waals surface area contributed by atoms with E-state index in [4.69, 9.17) is 24.9 Å². The van der Waals surface area contributed by atoms with Crippen molar-refractivity contribution in [3.8, 4) is 79.2 Å². The molecule has 0 saturated carbocycles. The summed E-state index contributed by atoms with van der Waals surface area (Å²) in [7, 11) is 0. The molecule has 0 aliphatic rings. The Labute approximate surface area is 540 Å². The Bertz CT molecular complexity index is 6020. The second kappa shape index (κ2) is 22.6. The van der Waals surface area contributed by atoms with Crippen LogP contribution in [0.4, 0.5) is 0 Å². The summed E-state index contributed by atoms with van der Waals surface area (Å²) in [5.41, 5.74) is 21.1. The monoisotopic (exact) mass is 1200 g/mol. The zero-order chi connectivity index (χ0) is 62.1. The van der Waals surface area contributed by atoms with Crippen molar-refractivity contribution in [3.05, 3.63) is 334 Å². The molecule has 94 heavy (non-hydrogen) atoms. The molecule has 7 heterocycles. The van der Waals surface area contributed by atoms with Crippen LogP contribution in [0.15, 0.2) is 334 Å². The normalized spacial score (nSPS) is 11.6. The summed E-state index contributed by atoms with van der Waals surface area (Å²) in [4.78, 5) is 24.9. The van der Waals surface area contributed by atoms with Crippen LogP contribution in [-0.2, 0) is 0 Å². The van der Waals surface area contributed by atoms with Gasteiger partial charge in [0.2, 0.25) is 5.95 Å². The molecule has 19 aromatic rings. The summed E-state index contributed by atoms with van der Waals surface area (Å²) >= 11 is 0. The van der Waals surface area contributed by atoms with Crippen LogP contribution in [0.2, 0.25) is 0 Å². The molecule has 12 aromatic carbocycles. The van der Waals surface area contributed by atoms with Crippen LogP contribution in [0.3, 0.4) is 0 Å². The SMILES string of the molecule is c1ccc(-c2ccc(-n3c4ccccc4c4c(-c5cncc6c5c5ccccc5n6-c5ccccc5)cccc43)cc2)cc1.c1ccc(-c2nc(-c3ccccc3)nc(-n3c4ccccc4c4c(-c5cncc6c5c5ccccc5n6-c5ccccc5)cccc43)n2)cc1. The molecule has 0 amide bonds. The fourth-order valence-corrected chi connectivity index (χ4v) is 14.3. The molecule has 0 saturated heterocycles. The number of aromatic nitrogens is 9. The number of fused-ring (bicyclic) bond motifs is 12. The Morgan fingerprint density at radius 2 is 0.500 bits per heavy atom. The first-order valence-electron chi connectivity index (χ1n) is 31.6. The highest BCUT2D eigenvalue weighted by Crippen LogP contribution is 2.46. The maximum atomic E-state index is 5.13. The highest BCUT2D eigenvalue weighted by Gasteiger charge is 2.25. The van der Waals surface area contributed by atoms with Gasteiger partial charge >= 0.3 is 0 Å². The lowest BCUT2D eigenvalue weighted by molar-refractivity contribution is 0.953. The number of rotatable bonds is 9. The molecule has 0 aliphatic heterocycles. The zero-order valence-corrected chi connectivity index (χ0v) is 50.8. The summed E-state index contributed by atoms with van der Waals surface area (Å²) in [5, 5.41) is 9.50. The number of hydrogen-bond donors (Lipinski definition) is 0. The van der Waals surface area contributed by atoms with Crippen LogP contribution in [0, 0.1) is 0 Å². The van der Waals surface area contributed by atoms with Crippen molar-refractivity contribution in [2.24, 2.45) is 0 Å². The van der Waals surface area contributed by atoms with Crippen LogP contribution in [-0.4, -0.2) is 43.2 Å². The van der Waals surface area contributed by atoms with Crippen molar-refractivity contribution in [2.75, 3.05) is 0 Å². The number of nitrogens with zero attached hydrogens (tertiary/aromatic N) is 9. The first-order valence-corrected chi connectivity index (χ1v) is 31.6. The quantitative estimate of drug-likeness (QED) is 0.144. The van der Waals surface area contributed by atoms with E-state index in [2.05, 4.69) is 267 Å². The number of hydrogen-bond acceptors (Lipinski definition) is 5. The fourth-order valence-electron chi connectivity index (χ4n) is 14.3. The van der Waals surface area contributed by atoms with E-state index in [1.807, 2.05) is 85.5 Å². The van der Waals surface area contributed by atoms with Gasteiger partial charge in [0.15, 0.2) is 11.6 Å². The van der Waals surface area contributed by atoms with Crippen LogP contribution >= 0.6 is 0 Å². The highest BCUT2D eigenvalue weighted by atomic mass is 15.2. The van der Waals surface area contributed by atoms with Crippen LogP contribution in [0.1, 0.15) is 0 Å². The molecule has 9 heteroatoms. The zero-order valence-electron chi connectivity index (χ0n) is 50.8. The molecule has 440 valence electrons. The van der Waals surface area contributed by atoms with E-state index >= 15 is 0 Å². The summed E-state index contributed by atoms with van der Waals surface area (Å²) in [6.07, 6.45) is 8.04. The van der Waals surface area contributed by atoms with E-state index < -0.39 is 0 Å². The van der Waals surface area contributed by atoms with E-state index in [-0.39, 0.29) is 0 Å². The van der Waals surface area contributed by atoms with Crippen molar-refractivity contribution >= 4 is 87.2 Å². The Balaban J connectivity index is 0.000000139. The minimum atomic E-state index is 0.568. The predicted molar refractivity (Wildman–Crippen MR) is 386 cm³/mol. The molecular weight excluding hydrogens is 1150 g/mol. The second-order valence-electron chi connectivity index (χ2n) is 23.6. The molecule has 0 spiro atoms. The summed E-state index contributed by atoms with van der Waals surface area (Å²) in [6, 6.07) is 108. The largest absolute Gasteiger partial charge is 0.309 e. The van der Waals surface area contributed by atoms with Gasteiger partial charge in [-0.25, -0.2) is 4.98 Å². The molecule has 9 nitrogen and oxygen atoms in total. The van der Waals surface area contributed by atoms with Gasteiger partial charge in [0, 0.05) is 94.8 Å². The third-order valence-corrected chi connectivity index (χ3v) is 18.3. The first kappa shape index (κ1) is 54.1. The molecule has 0 atom stereocenters. The lowest BCUT2D eigenvalue weighted by atomic mass is 9.97. The second-order valence-corrected chi connectivity index (χ2v) is 23.6. The van der Waals surface area contributed by atoms with Crippen molar-refractivity contribution in [1.29, 1.82) is 0 Å².